The third-order valence-electron chi connectivity index (χ3n) is 6.30. The number of piperazine rings is 1. The molecule has 0 radical (unpaired) electrons. The van der Waals surface area contributed by atoms with Crippen molar-refractivity contribution >= 4 is 18.0 Å². The lowest BCUT2D eigenvalue weighted by Crippen LogP contribution is -2.58. The number of rotatable bonds is 9. The van der Waals surface area contributed by atoms with Gasteiger partial charge in [0.15, 0.2) is 0 Å². The Hall–Kier alpha value is -3.40. The van der Waals surface area contributed by atoms with Crippen LogP contribution in [0.25, 0.3) is 0 Å². The van der Waals surface area contributed by atoms with Crippen molar-refractivity contribution in [3.8, 4) is 0 Å². The van der Waals surface area contributed by atoms with Gasteiger partial charge in [-0.3, -0.25) is 9.80 Å². The van der Waals surface area contributed by atoms with Crippen LogP contribution in [0.5, 0.6) is 0 Å². The summed E-state index contributed by atoms with van der Waals surface area (Å²) in [4.78, 5) is 44.3. The molecule has 2 aliphatic heterocycles. The van der Waals surface area contributed by atoms with E-state index in [1.165, 1.54) is 17.0 Å². The number of hydrogen-bond acceptors (Lipinski definition) is 5. The zero-order valence-corrected chi connectivity index (χ0v) is 21.3. The zero-order chi connectivity index (χ0) is 26.2. The molecule has 0 bridgehead atoms. The summed E-state index contributed by atoms with van der Waals surface area (Å²) in [5, 5.41) is 5.75. The van der Waals surface area contributed by atoms with E-state index in [4.69, 9.17) is 4.74 Å². The fourth-order valence-electron chi connectivity index (χ4n) is 4.61. The van der Waals surface area contributed by atoms with Gasteiger partial charge in [0.2, 0.25) is 0 Å². The number of urea groups is 2. The van der Waals surface area contributed by atoms with Crippen LogP contribution in [0.3, 0.4) is 0 Å². The largest absolute Gasteiger partial charge is 0.463 e. The molecule has 1 fully saturated rings. The fraction of sp³-hybridized carbons (Fsp3) is 0.500. The third kappa shape index (κ3) is 6.23. The summed E-state index contributed by atoms with van der Waals surface area (Å²) >= 11 is 0. The highest BCUT2D eigenvalue weighted by atomic mass is 19.1. The maximum absolute atomic E-state index is 14.1. The van der Waals surface area contributed by atoms with Gasteiger partial charge < -0.3 is 20.3 Å². The Bertz CT molecular complexity index is 1010. The van der Waals surface area contributed by atoms with Gasteiger partial charge in [-0.15, -0.1) is 6.58 Å². The minimum atomic E-state index is -0.859. The van der Waals surface area contributed by atoms with Gasteiger partial charge >= 0.3 is 18.0 Å². The van der Waals surface area contributed by atoms with Crippen LogP contribution >= 0.6 is 0 Å². The Kier molecular flexibility index (Phi) is 9.46. The minimum absolute atomic E-state index is 0.0634. The van der Waals surface area contributed by atoms with E-state index in [0.717, 1.165) is 6.42 Å². The molecule has 0 aliphatic carbocycles. The van der Waals surface area contributed by atoms with Crippen LogP contribution in [0, 0.1) is 5.82 Å². The van der Waals surface area contributed by atoms with Crippen molar-refractivity contribution in [3.05, 3.63) is 59.6 Å². The van der Waals surface area contributed by atoms with Gasteiger partial charge in [0.1, 0.15) is 5.82 Å². The summed E-state index contributed by atoms with van der Waals surface area (Å²) in [7, 11) is 0. The average molecular weight is 502 g/mol. The number of nitrogens with zero attached hydrogens (tertiary/aromatic N) is 3. The van der Waals surface area contributed by atoms with Gasteiger partial charge in [-0.1, -0.05) is 25.1 Å². The lowest BCUT2D eigenvalue weighted by Gasteiger charge is -2.42. The molecule has 196 valence electrons. The molecule has 2 atom stereocenters. The zero-order valence-electron chi connectivity index (χ0n) is 21.3. The molecule has 10 heteroatoms. The van der Waals surface area contributed by atoms with Crippen molar-refractivity contribution in [2.75, 3.05) is 45.9 Å². The van der Waals surface area contributed by atoms with Crippen molar-refractivity contribution in [3.63, 3.8) is 0 Å². The molecule has 1 aromatic carbocycles. The van der Waals surface area contributed by atoms with Crippen molar-refractivity contribution in [1.82, 2.24) is 25.3 Å². The number of carbonyl (C=O) groups is 3. The Morgan fingerprint density at radius 3 is 2.72 bits per heavy atom. The third-order valence-corrected chi connectivity index (χ3v) is 6.30. The van der Waals surface area contributed by atoms with Crippen LogP contribution in [-0.4, -0.2) is 84.6 Å². The molecular weight excluding hydrogens is 465 g/mol. The lowest BCUT2D eigenvalue weighted by molar-refractivity contribution is -0.139. The van der Waals surface area contributed by atoms with E-state index in [9.17, 15) is 18.8 Å². The van der Waals surface area contributed by atoms with E-state index in [1.807, 2.05) is 13.8 Å². The fourth-order valence-corrected chi connectivity index (χ4v) is 4.61. The molecule has 0 spiro atoms. The van der Waals surface area contributed by atoms with Crippen LogP contribution < -0.4 is 10.6 Å². The number of hydrogen-bond donors (Lipinski definition) is 2. The Morgan fingerprint density at radius 2 is 2.08 bits per heavy atom. The topological polar surface area (TPSA) is 94.2 Å². The normalized spacial score (nSPS) is 20.7. The van der Waals surface area contributed by atoms with Crippen LogP contribution in [0.2, 0.25) is 0 Å². The van der Waals surface area contributed by atoms with Crippen molar-refractivity contribution in [2.24, 2.45) is 0 Å². The maximum atomic E-state index is 14.1. The molecule has 2 N–H and O–H groups in total. The van der Waals surface area contributed by atoms with Crippen molar-refractivity contribution in [1.29, 1.82) is 0 Å². The monoisotopic (exact) mass is 501 g/mol. The second kappa shape index (κ2) is 12.5. The standard InChI is InChI=1S/C26H36FN5O4/c1-5-11-28-25(34)31-14-13-30(16-18(31)4)17-21-22(24(33)36-7-3)23(19-9-8-10-20(27)15-19)29-26(35)32(21)12-6-2/h6,8-10,15,18,23H,2,5,7,11-14,16-17H2,1,3-4H3,(H,28,34)(H,29,35). The predicted octanol–water partition coefficient (Wildman–Crippen LogP) is 3.02. The molecule has 3 rings (SSSR count). The Balaban J connectivity index is 1.96. The molecule has 4 amide bonds. The summed E-state index contributed by atoms with van der Waals surface area (Å²) in [6.45, 7) is 12.3. The smallest absolute Gasteiger partial charge is 0.338 e. The molecule has 2 aliphatic rings. The Labute approximate surface area is 211 Å². The van der Waals surface area contributed by atoms with Crippen LogP contribution in [0.1, 0.15) is 38.8 Å². The van der Waals surface area contributed by atoms with Crippen molar-refractivity contribution < 1.29 is 23.5 Å². The molecular formula is C26H36FN5O4. The van der Waals surface area contributed by atoms with Gasteiger partial charge in [-0.25, -0.2) is 18.8 Å². The van der Waals surface area contributed by atoms with E-state index in [2.05, 4.69) is 22.1 Å². The quantitative estimate of drug-likeness (QED) is 0.401. The van der Waals surface area contributed by atoms with E-state index >= 15 is 0 Å². The number of amides is 4. The number of nitrogens with one attached hydrogen (secondary N) is 2. The number of carbonyl (C=O) groups excluding carboxylic acids is 3. The summed E-state index contributed by atoms with van der Waals surface area (Å²) < 4.78 is 19.4. The highest BCUT2D eigenvalue weighted by molar-refractivity contribution is 5.95. The Morgan fingerprint density at radius 1 is 1.31 bits per heavy atom. The van der Waals surface area contributed by atoms with Gasteiger partial charge in [0.05, 0.1) is 18.2 Å². The van der Waals surface area contributed by atoms with Crippen molar-refractivity contribution in [2.45, 2.75) is 39.3 Å². The molecule has 2 unspecified atom stereocenters. The molecule has 2 heterocycles. The summed E-state index contributed by atoms with van der Waals surface area (Å²) in [5.74, 6) is -1.03. The first-order valence-electron chi connectivity index (χ1n) is 12.4. The number of esters is 1. The van der Waals surface area contributed by atoms with E-state index in [-0.39, 0.29) is 37.3 Å². The molecule has 9 nitrogen and oxygen atoms in total. The second-order valence-corrected chi connectivity index (χ2v) is 8.93. The van der Waals surface area contributed by atoms with Gasteiger partial charge in [-0.2, -0.15) is 0 Å². The molecule has 0 saturated carbocycles. The number of ether oxygens (including phenoxy) is 1. The highest BCUT2D eigenvalue weighted by Crippen LogP contribution is 2.32. The average Bonchev–Trinajstić information content (AvgIpc) is 2.84. The SMILES string of the molecule is C=CCN1C(=O)NC(c2cccc(F)c2)C(C(=O)OCC)=C1CN1CCN(C(=O)NCCC)C(C)C1. The first-order valence-corrected chi connectivity index (χ1v) is 12.4. The first-order chi connectivity index (χ1) is 17.3. The van der Waals surface area contributed by atoms with E-state index in [0.29, 0.717) is 37.4 Å². The summed E-state index contributed by atoms with van der Waals surface area (Å²) in [6.07, 6.45) is 2.45. The molecule has 1 aromatic rings. The van der Waals surface area contributed by atoms with Crippen LogP contribution in [-0.2, 0) is 9.53 Å². The predicted molar refractivity (Wildman–Crippen MR) is 135 cm³/mol. The van der Waals surface area contributed by atoms with Gasteiger partial charge in [0.25, 0.3) is 0 Å². The van der Waals surface area contributed by atoms with Crippen LogP contribution in [0.15, 0.2) is 48.2 Å². The molecule has 1 saturated heterocycles. The summed E-state index contributed by atoms with van der Waals surface area (Å²) in [6, 6.07) is 4.41. The first kappa shape index (κ1) is 27.2. The lowest BCUT2D eigenvalue weighted by atomic mass is 9.94. The van der Waals surface area contributed by atoms with E-state index in [1.54, 1.807) is 30.0 Å². The number of halogens is 1. The van der Waals surface area contributed by atoms with Crippen LogP contribution in [0.4, 0.5) is 14.0 Å². The highest BCUT2D eigenvalue weighted by Gasteiger charge is 2.39. The van der Waals surface area contributed by atoms with E-state index < -0.39 is 23.9 Å². The minimum Gasteiger partial charge on any atom is -0.463 e. The van der Waals surface area contributed by atoms with Gasteiger partial charge in [-0.05, 0) is 38.0 Å². The second-order valence-electron chi connectivity index (χ2n) is 8.93. The van der Waals surface area contributed by atoms with Gasteiger partial charge in [0, 0.05) is 51.0 Å². The maximum Gasteiger partial charge on any atom is 0.338 e. The summed E-state index contributed by atoms with van der Waals surface area (Å²) in [5.41, 5.74) is 1.20. The molecule has 0 aromatic heterocycles. The molecule has 36 heavy (non-hydrogen) atoms. The number of benzene rings is 1.